The van der Waals surface area contributed by atoms with Crippen molar-refractivity contribution in [2.24, 2.45) is 23.2 Å². The van der Waals surface area contributed by atoms with E-state index >= 15 is 0 Å². The van der Waals surface area contributed by atoms with Gasteiger partial charge in [0, 0.05) is 18.9 Å². The summed E-state index contributed by atoms with van der Waals surface area (Å²) in [7, 11) is 0. The number of amides is 1. The zero-order valence-corrected chi connectivity index (χ0v) is 14.2. The SMILES string of the molecule is Cc1nc2cc(CNC(=O)C34CC5CC(CC(C5)C3)C4)ccc2o1. The highest BCUT2D eigenvalue weighted by molar-refractivity contribution is 5.83. The number of rotatable bonds is 3. The highest BCUT2D eigenvalue weighted by Crippen LogP contribution is 2.60. The fourth-order valence-electron chi connectivity index (χ4n) is 5.96. The van der Waals surface area contributed by atoms with Crippen molar-refractivity contribution in [2.45, 2.75) is 52.0 Å². The maximum absolute atomic E-state index is 13.0. The predicted octanol–water partition coefficient (Wildman–Crippen LogP) is 3.97. The molecule has 4 fully saturated rings. The molecule has 4 saturated carbocycles. The fourth-order valence-corrected chi connectivity index (χ4v) is 5.96. The lowest BCUT2D eigenvalue weighted by atomic mass is 9.49. The molecule has 0 radical (unpaired) electrons. The van der Waals surface area contributed by atoms with Gasteiger partial charge in [-0.25, -0.2) is 4.98 Å². The number of nitrogens with one attached hydrogen (secondary N) is 1. The molecule has 1 aromatic carbocycles. The maximum Gasteiger partial charge on any atom is 0.226 e. The number of aryl methyl sites for hydroxylation is 1. The molecule has 4 aliphatic rings. The van der Waals surface area contributed by atoms with Gasteiger partial charge in [-0.15, -0.1) is 0 Å². The molecule has 0 saturated heterocycles. The molecule has 6 rings (SSSR count). The number of carbonyl (C=O) groups excluding carboxylic acids is 1. The first kappa shape index (κ1) is 14.5. The summed E-state index contributed by atoms with van der Waals surface area (Å²) >= 11 is 0. The summed E-state index contributed by atoms with van der Waals surface area (Å²) in [5.74, 6) is 3.38. The van der Waals surface area contributed by atoms with E-state index in [1.807, 2.05) is 25.1 Å². The molecule has 4 nitrogen and oxygen atoms in total. The van der Waals surface area contributed by atoms with E-state index in [1.54, 1.807) is 0 Å². The van der Waals surface area contributed by atoms with Gasteiger partial charge in [0.25, 0.3) is 0 Å². The van der Waals surface area contributed by atoms with Gasteiger partial charge in [0.05, 0.1) is 0 Å². The van der Waals surface area contributed by atoms with Crippen molar-refractivity contribution in [3.05, 3.63) is 29.7 Å². The third-order valence-corrected chi connectivity index (χ3v) is 6.53. The summed E-state index contributed by atoms with van der Waals surface area (Å²) in [5.41, 5.74) is 2.70. The van der Waals surface area contributed by atoms with Crippen LogP contribution >= 0.6 is 0 Å². The lowest BCUT2D eigenvalue weighted by Crippen LogP contribution is -2.53. The Kier molecular flexibility index (Phi) is 3.07. The molecule has 126 valence electrons. The summed E-state index contributed by atoms with van der Waals surface area (Å²) in [6, 6.07) is 5.99. The van der Waals surface area contributed by atoms with E-state index in [2.05, 4.69) is 10.3 Å². The van der Waals surface area contributed by atoms with Crippen LogP contribution in [0.1, 0.15) is 50.0 Å². The predicted molar refractivity (Wildman–Crippen MR) is 91.2 cm³/mol. The lowest BCUT2D eigenvalue weighted by Gasteiger charge is -2.55. The molecule has 1 amide bonds. The second kappa shape index (κ2) is 5.08. The molecule has 4 aliphatic carbocycles. The molecule has 1 N–H and O–H groups in total. The molecule has 0 atom stereocenters. The molecule has 0 spiro atoms. The van der Waals surface area contributed by atoms with Gasteiger partial charge in [-0.3, -0.25) is 4.79 Å². The quantitative estimate of drug-likeness (QED) is 0.929. The van der Waals surface area contributed by atoms with E-state index in [0.29, 0.717) is 12.4 Å². The highest BCUT2D eigenvalue weighted by Gasteiger charge is 2.54. The molecular weight excluding hydrogens is 300 g/mol. The standard InChI is InChI=1S/C20H24N2O2/c1-12-22-17-7-13(2-3-18(17)24-12)11-21-19(23)20-8-14-4-15(9-20)6-16(5-14)10-20/h2-3,7,14-16H,4-6,8-11H2,1H3,(H,21,23). The van der Waals surface area contributed by atoms with E-state index < -0.39 is 0 Å². The second-order valence-electron chi connectivity index (χ2n) is 8.42. The minimum absolute atomic E-state index is 0.0661. The number of nitrogens with zero attached hydrogens (tertiary/aromatic N) is 1. The number of hydrogen-bond donors (Lipinski definition) is 1. The summed E-state index contributed by atoms with van der Waals surface area (Å²) in [4.78, 5) is 17.4. The molecule has 1 aromatic heterocycles. The van der Waals surface area contributed by atoms with E-state index in [1.165, 1.54) is 19.3 Å². The van der Waals surface area contributed by atoms with Crippen LogP contribution in [0.5, 0.6) is 0 Å². The normalized spacial score (nSPS) is 34.0. The van der Waals surface area contributed by atoms with Crippen LogP contribution in [-0.4, -0.2) is 10.9 Å². The van der Waals surface area contributed by atoms with Crippen molar-refractivity contribution >= 4 is 17.0 Å². The Morgan fingerprint density at radius 1 is 1.21 bits per heavy atom. The van der Waals surface area contributed by atoms with Crippen LogP contribution in [0, 0.1) is 30.1 Å². The first-order chi connectivity index (χ1) is 11.6. The molecule has 4 heteroatoms. The zero-order chi connectivity index (χ0) is 16.3. The number of oxazole rings is 1. The Labute approximate surface area is 142 Å². The third-order valence-electron chi connectivity index (χ3n) is 6.53. The number of carbonyl (C=O) groups is 1. The van der Waals surface area contributed by atoms with Crippen LogP contribution in [0.25, 0.3) is 11.1 Å². The Bertz CT molecular complexity index is 772. The molecule has 2 aromatic rings. The van der Waals surface area contributed by atoms with Crippen molar-refractivity contribution in [3.8, 4) is 0 Å². The van der Waals surface area contributed by atoms with Crippen molar-refractivity contribution in [1.29, 1.82) is 0 Å². The average Bonchev–Trinajstić information content (AvgIpc) is 2.90. The number of benzene rings is 1. The summed E-state index contributed by atoms with van der Waals surface area (Å²) in [5, 5.41) is 3.23. The Balaban J connectivity index is 1.31. The first-order valence-electron chi connectivity index (χ1n) is 9.24. The number of hydrogen-bond acceptors (Lipinski definition) is 3. The van der Waals surface area contributed by atoms with Gasteiger partial charge in [0.15, 0.2) is 11.5 Å². The van der Waals surface area contributed by atoms with Crippen molar-refractivity contribution in [2.75, 3.05) is 0 Å². The lowest BCUT2D eigenvalue weighted by molar-refractivity contribution is -0.146. The molecule has 0 aliphatic heterocycles. The summed E-state index contributed by atoms with van der Waals surface area (Å²) in [6.45, 7) is 2.44. The van der Waals surface area contributed by atoms with Crippen molar-refractivity contribution in [3.63, 3.8) is 0 Å². The zero-order valence-electron chi connectivity index (χ0n) is 14.2. The van der Waals surface area contributed by atoms with Crippen LogP contribution in [0.2, 0.25) is 0 Å². The van der Waals surface area contributed by atoms with Crippen LogP contribution in [-0.2, 0) is 11.3 Å². The highest BCUT2D eigenvalue weighted by atomic mass is 16.3. The van der Waals surface area contributed by atoms with Crippen LogP contribution < -0.4 is 5.32 Å². The maximum atomic E-state index is 13.0. The van der Waals surface area contributed by atoms with Gasteiger partial charge in [-0.2, -0.15) is 0 Å². The first-order valence-corrected chi connectivity index (χ1v) is 9.24. The van der Waals surface area contributed by atoms with Crippen molar-refractivity contribution in [1.82, 2.24) is 10.3 Å². The Morgan fingerprint density at radius 3 is 2.54 bits per heavy atom. The molecular formula is C20H24N2O2. The molecule has 1 heterocycles. The molecule has 24 heavy (non-hydrogen) atoms. The van der Waals surface area contributed by atoms with Crippen LogP contribution in [0.3, 0.4) is 0 Å². The second-order valence-corrected chi connectivity index (χ2v) is 8.42. The van der Waals surface area contributed by atoms with E-state index in [-0.39, 0.29) is 11.3 Å². The van der Waals surface area contributed by atoms with Gasteiger partial charge in [0.1, 0.15) is 5.52 Å². The van der Waals surface area contributed by atoms with Gasteiger partial charge in [-0.05, 0) is 74.0 Å². The monoisotopic (exact) mass is 324 g/mol. The average molecular weight is 324 g/mol. The molecule has 4 bridgehead atoms. The molecule has 0 unspecified atom stereocenters. The fraction of sp³-hybridized carbons (Fsp3) is 0.600. The van der Waals surface area contributed by atoms with Crippen LogP contribution in [0.15, 0.2) is 22.6 Å². The van der Waals surface area contributed by atoms with Gasteiger partial charge < -0.3 is 9.73 Å². The minimum atomic E-state index is -0.0661. The smallest absolute Gasteiger partial charge is 0.226 e. The van der Waals surface area contributed by atoms with Gasteiger partial charge in [0.2, 0.25) is 5.91 Å². The van der Waals surface area contributed by atoms with Crippen LogP contribution in [0.4, 0.5) is 0 Å². The summed E-state index contributed by atoms with van der Waals surface area (Å²) in [6.07, 6.45) is 7.46. The largest absolute Gasteiger partial charge is 0.441 e. The van der Waals surface area contributed by atoms with Gasteiger partial charge >= 0.3 is 0 Å². The minimum Gasteiger partial charge on any atom is -0.441 e. The topological polar surface area (TPSA) is 55.1 Å². The summed E-state index contributed by atoms with van der Waals surface area (Å²) < 4.78 is 5.51. The van der Waals surface area contributed by atoms with E-state index in [9.17, 15) is 4.79 Å². The number of fused-ring (bicyclic) bond motifs is 1. The van der Waals surface area contributed by atoms with Crippen molar-refractivity contribution < 1.29 is 9.21 Å². The Hall–Kier alpha value is -1.84. The van der Waals surface area contributed by atoms with Gasteiger partial charge in [-0.1, -0.05) is 6.07 Å². The van der Waals surface area contributed by atoms with E-state index in [0.717, 1.165) is 53.7 Å². The Morgan fingerprint density at radius 2 is 1.88 bits per heavy atom. The van der Waals surface area contributed by atoms with E-state index in [4.69, 9.17) is 4.42 Å². The third kappa shape index (κ3) is 2.27. The number of aromatic nitrogens is 1.